The molecule has 2 saturated heterocycles. The highest BCUT2D eigenvalue weighted by molar-refractivity contribution is 5.94. The lowest BCUT2D eigenvalue weighted by atomic mass is 10.2. The van der Waals surface area contributed by atoms with Crippen molar-refractivity contribution in [2.45, 2.75) is 6.18 Å². The van der Waals surface area contributed by atoms with Gasteiger partial charge in [-0.25, -0.2) is 0 Å². The summed E-state index contributed by atoms with van der Waals surface area (Å²) in [5.74, 6) is -0.364. The molecule has 0 saturated carbocycles. The molecule has 148 valence electrons. The first-order valence-corrected chi connectivity index (χ1v) is 8.75. The van der Waals surface area contributed by atoms with Gasteiger partial charge < -0.3 is 14.5 Å². The van der Waals surface area contributed by atoms with E-state index < -0.39 is 11.9 Å². The van der Waals surface area contributed by atoms with Gasteiger partial charge in [0.25, 0.3) is 5.91 Å². The molecule has 27 heavy (non-hydrogen) atoms. The maximum atomic E-state index is 12.6. The van der Waals surface area contributed by atoms with E-state index in [1.807, 2.05) is 4.90 Å². The van der Waals surface area contributed by atoms with Gasteiger partial charge in [-0.3, -0.25) is 19.5 Å². The summed E-state index contributed by atoms with van der Waals surface area (Å²) in [4.78, 5) is 33.4. The maximum Gasteiger partial charge on any atom is 0.433 e. The first-order chi connectivity index (χ1) is 12.8. The minimum Gasteiger partial charge on any atom is -0.379 e. The molecule has 0 bridgehead atoms. The molecule has 2 aliphatic rings. The van der Waals surface area contributed by atoms with Crippen LogP contribution in [0.5, 0.6) is 0 Å². The number of amides is 2. The predicted molar refractivity (Wildman–Crippen MR) is 89.0 cm³/mol. The second-order valence-corrected chi connectivity index (χ2v) is 6.49. The minimum atomic E-state index is -4.53. The molecular formula is C17H21F3N4O3. The smallest absolute Gasteiger partial charge is 0.379 e. The highest BCUT2D eigenvalue weighted by atomic mass is 19.4. The molecule has 0 radical (unpaired) electrons. The van der Waals surface area contributed by atoms with E-state index in [0.29, 0.717) is 45.9 Å². The third kappa shape index (κ3) is 4.95. The second kappa shape index (κ2) is 8.22. The van der Waals surface area contributed by atoms with Gasteiger partial charge in [-0.2, -0.15) is 13.2 Å². The van der Waals surface area contributed by atoms with Crippen LogP contribution in [0.1, 0.15) is 16.1 Å². The minimum absolute atomic E-state index is 0.0141. The Morgan fingerprint density at radius 2 is 1.63 bits per heavy atom. The van der Waals surface area contributed by atoms with E-state index in [1.54, 1.807) is 4.90 Å². The van der Waals surface area contributed by atoms with Crippen molar-refractivity contribution in [1.29, 1.82) is 0 Å². The van der Waals surface area contributed by atoms with E-state index in [-0.39, 0.29) is 17.4 Å². The summed E-state index contributed by atoms with van der Waals surface area (Å²) in [6, 6.07) is 1.93. The Bertz CT molecular complexity index is 667. The summed E-state index contributed by atoms with van der Waals surface area (Å²) in [5.41, 5.74) is -0.923. The van der Waals surface area contributed by atoms with Crippen LogP contribution in [0.3, 0.4) is 0 Å². The Kier molecular flexibility index (Phi) is 5.95. The second-order valence-electron chi connectivity index (χ2n) is 6.49. The first kappa shape index (κ1) is 19.6. The van der Waals surface area contributed by atoms with Crippen LogP contribution in [0.2, 0.25) is 0 Å². The van der Waals surface area contributed by atoms with Gasteiger partial charge in [-0.1, -0.05) is 0 Å². The lowest BCUT2D eigenvalue weighted by Gasteiger charge is -2.36. The number of ether oxygens (including phenoxy) is 1. The SMILES string of the molecule is O=C(CN1CCOCC1)N1CCN(C(=O)c2ccc(C(F)(F)F)nc2)CC1. The van der Waals surface area contributed by atoms with Crippen molar-refractivity contribution in [3.8, 4) is 0 Å². The van der Waals surface area contributed by atoms with Gasteiger partial charge in [-0.15, -0.1) is 0 Å². The van der Waals surface area contributed by atoms with E-state index in [4.69, 9.17) is 4.74 Å². The van der Waals surface area contributed by atoms with Crippen LogP contribution in [0, 0.1) is 0 Å². The van der Waals surface area contributed by atoms with Crippen molar-refractivity contribution in [2.75, 3.05) is 59.0 Å². The van der Waals surface area contributed by atoms with E-state index in [2.05, 4.69) is 4.98 Å². The summed E-state index contributed by atoms with van der Waals surface area (Å²) in [6.07, 6.45) is -3.59. The highest BCUT2D eigenvalue weighted by Gasteiger charge is 2.33. The van der Waals surface area contributed by atoms with Crippen LogP contribution in [0.4, 0.5) is 13.2 Å². The predicted octanol–water partition coefficient (Wildman–Crippen LogP) is 0.717. The van der Waals surface area contributed by atoms with Gasteiger partial charge in [0, 0.05) is 45.5 Å². The number of hydrogen-bond acceptors (Lipinski definition) is 5. The van der Waals surface area contributed by atoms with Crippen molar-refractivity contribution in [3.63, 3.8) is 0 Å². The number of morpholine rings is 1. The topological polar surface area (TPSA) is 66.0 Å². The van der Waals surface area contributed by atoms with Gasteiger partial charge in [0.15, 0.2) is 0 Å². The monoisotopic (exact) mass is 386 g/mol. The molecule has 0 spiro atoms. The fourth-order valence-corrected chi connectivity index (χ4v) is 3.08. The molecule has 0 unspecified atom stereocenters. The average molecular weight is 386 g/mol. The molecule has 0 aromatic carbocycles. The number of rotatable bonds is 3. The number of piperazine rings is 1. The first-order valence-electron chi connectivity index (χ1n) is 8.75. The van der Waals surface area contributed by atoms with Gasteiger partial charge in [0.05, 0.1) is 25.3 Å². The maximum absolute atomic E-state index is 12.6. The van der Waals surface area contributed by atoms with Crippen LogP contribution in [-0.4, -0.2) is 90.5 Å². The Balaban J connectivity index is 1.50. The van der Waals surface area contributed by atoms with Crippen molar-refractivity contribution >= 4 is 11.8 Å². The lowest BCUT2D eigenvalue weighted by Crippen LogP contribution is -2.53. The number of hydrogen-bond donors (Lipinski definition) is 0. The molecule has 2 fully saturated rings. The van der Waals surface area contributed by atoms with Crippen molar-refractivity contribution in [2.24, 2.45) is 0 Å². The Hall–Kier alpha value is -2.20. The fourth-order valence-electron chi connectivity index (χ4n) is 3.08. The summed E-state index contributed by atoms with van der Waals surface area (Å²) in [6.45, 7) is 4.53. The molecule has 0 atom stereocenters. The largest absolute Gasteiger partial charge is 0.433 e. The summed E-state index contributed by atoms with van der Waals surface area (Å²) in [5, 5.41) is 0. The number of carbonyl (C=O) groups is 2. The average Bonchev–Trinajstić information content (AvgIpc) is 2.68. The normalized spacial score (nSPS) is 19.2. The molecule has 3 heterocycles. The summed E-state index contributed by atoms with van der Waals surface area (Å²) in [7, 11) is 0. The number of aromatic nitrogens is 1. The number of nitrogens with zero attached hydrogens (tertiary/aromatic N) is 4. The van der Waals surface area contributed by atoms with Crippen LogP contribution < -0.4 is 0 Å². The number of carbonyl (C=O) groups excluding carboxylic acids is 2. The molecular weight excluding hydrogens is 365 g/mol. The zero-order valence-electron chi connectivity index (χ0n) is 14.7. The van der Waals surface area contributed by atoms with Crippen LogP contribution >= 0.6 is 0 Å². The molecule has 3 rings (SSSR count). The van der Waals surface area contributed by atoms with Gasteiger partial charge in [0.2, 0.25) is 5.91 Å². The third-order valence-electron chi connectivity index (χ3n) is 4.68. The number of alkyl halides is 3. The van der Waals surface area contributed by atoms with Crippen molar-refractivity contribution in [1.82, 2.24) is 19.7 Å². The highest BCUT2D eigenvalue weighted by Crippen LogP contribution is 2.27. The molecule has 0 aliphatic carbocycles. The Morgan fingerprint density at radius 3 is 2.19 bits per heavy atom. The molecule has 0 N–H and O–H groups in total. The van der Waals surface area contributed by atoms with Crippen molar-refractivity contribution in [3.05, 3.63) is 29.6 Å². The zero-order chi connectivity index (χ0) is 19.4. The molecule has 2 amide bonds. The number of halogens is 3. The standard InChI is InChI=1S/C17H21F3N4O3/c18-17(19,20)14-2-1-13(11-21-14)16(26)24-5-3-23(4-6-24)15(25)12-22-7-9-27-10-8-22/h1-2,11H,3-10,12H2. The van der Waals surface area contributed by atoms with E-state index in [9.17, 15) is 22.8 Å². The zero-order valence-corrected chi connectivity index (χ0v) is 14.7. The Morgan fingerprint density at radius 1 is 1.00 bits per heavy atom. The summed E-state index contributed by atoms with van der Waals surface area (Å²) < 4.78 is 42.9. The number of pyridine rings is 1. The van der Waals surface area contributed by atoms with Crippen molar-refractivity contribution < 1.29 is 27.5 Å². The van der Waals surface area contributed by atoms with E-state index in [0.717, 1.165) is 31.4 Å². The molecule has 1 aromatic heterocycles. The van der Waals surface area contributed by atoms with Crippen LogP contribution in [0.25, 0.3) is 0 Å². The van der Waals surface area contributed by atoms with E-state index >= 15 is 0 Å². The quantitative estimate of drug-likeness (QED) is 0.766. The van der Waals surface area contributed by atoms with E-state index in [1.165, 1.54) is 4.90 Å². The van der Waals surface area contributed by atoms with Crippen LogP contribution in [-0.2, 0) is 15.7 Å². The third-order valence-corrected chi connectivity index (χ3v) is 4.68. The fraction of sp³-hybridized carbons (Fsp3) is 0.588. The molecule has 2 aliphatic heterocycles. The van der Waals surface area contributed by atoms with Gasteiger partial charge >= 0.3 is 6.18 Å². The summed E-state index contributed by atoms with van der Waals surface area (Å²) >= 11 is 0. The lowest BCUT2D eigenvalue weighted by molar-refractivity contribution is -0.141. The molecule has 10 heteroatoms. The van der Waals surface area contributed by atoms with Gasteiger partial charge in [-0.05, 0) is 12.1 Å². The molecule has 7 nitrogen and oxygen atoms in total. The van der Waals surface area contributed by atoms with Crippen LogP contribution in [0.15, 0.2) is 18.3 Å². The molecule has 1 aromatic rings. The van der Waals surface area contributed by atoms with Gasteiger partial charge in [0.1, 0.15) is 5.69 Å². The Labute approximate surface area is 154 Å².